The number of imidazole rings is 1. The summed E-state index contributed by atoms with van der Waals surface area (Å²) in [6.07, 6.45) is 7.44. The molecule has 4 heterocycles. The van der Waals surface area contributed by atoms with Crippen molar-refractivity contribution in [3.8, 4) is 11.3 Å². The Kier molecular flexibility index (Phi) is 4.80. The molecule has 142 valence electrons. The molecule has 5 rings (SSSR count). The molecule has 1 atom stereocenters. The number of benzene rings is 1. The Balaban J connectivity index is 1.27. The molecule has 0 spiro atoms. The zero-order valence-electron chi connectivity index (χ0n) is 15.4. The maximum absolute atomic E-state index is 5.98. The first-order chi connectivity index (χ1) is 13.2. The van der Waals surface area contributed by atoms with Crippen molar-refractivity contribution in [1.82, 2.24) is 19.5 Å². The number of rotatable bonds is 4. The summed E-state index contributed by atoms with van der Waals surface area (Å²) in [6, 6.07) is 7.80. The minimum atomic E-state index is 0.744. The lowest BCUT2D eigenvalue weighted by molar-refractivity contribution is 0.201. The van der Waals surface area contributed by atoms with Crippen molar-refractivity contribution in [2.24, 2.45) is 5.92 Å². The Morgan fingerprint density at radius 2 is 1.89 bits per heavy atom. The molecule has 0 radical (unpaired) electrons. The number of halogens is 1. The van der Waals surface area contributed by atoms with Crippen LogP contribution in [0.25, 0.3) is 16.2 Å². The molecule has 2 aliphatic heterocycles. The third kappa shape index (κ3) is 3.71. The van der Waals surface area contributed by atoms with Crippen LogP contribution >= 0.6 is 22.9 Å². The van der Waals surface area contributed by atoms with E-state index in [9.17, 15) is 0 Å². The highest BCUT2D eigenvalue weighted by Gasteiger charge is 2.27. The summed E-state index contributed by atoms with van der Waals surface area (Å²) in [5, 5.41) is 6.64. The molecule has 2 fully saturated rings. The summed E-state index contributed by atoms with van der Waals surface area (Å²) in [5.41, 5.74) is 2.02. The number of hydrogen-bond acceptors (Lipinski definition) is 5. The second-order valence-electron chi connectivity index (χ2n) is 7.71. The van der Waals surface area contributed by atoms with Gasteiger partial charge in [0.2, 0.25) is 10.1 Å². The molecule has 1 unspecified atom stereocenters. The largest absolute Gasteiger partial charge is 0.346 e. The van der Waals surface area contributed by atoms with E-state index < -0.39 is 0 Å². The van der Waals surface area contributed by atoms with E-state index in [1.807, 2.05) is 35.0 Å². The summed E-state index contributed by atoms with van der Waals surface area (Å²) in [4.78, 5) is 10.8. The van der Waals surface area contributed by atoms with Crippen molar-refractivity contribution in [1.29, 1.82) is 0 Å². The van der Waals surface area contributed by atoms with E-state index in [1.54, 1.807) is 11.3 Å². The van der Waals surface area contributed by atoms with Crippen LogP contribution < -0.4 is 4.90 Å². The second-order valence-corrected chi connectivity index (χ2v) is 9.08. The van der Waals surface area contributed by atoms with Gasteiger partial charge in [-0.2, -0.15) is 0 Å². The van der Waals surface area contributed by atoms with Gasteiger partial charge < -0.3 is 9.80 Å². The van der Waals surface area contributed by atoms with E-state index in [4.69, 9.17) is 21.7 Å². The SMILES string of the molecule is Clc1ccc(-c2cn3nc(N4CCC(CN5CCCCC5)C4)sc3n2)cc1. The normalized spacial score (nSPS) is 21.4. The monoisotopic (exact) mass is 401 g/mol. The molecule has 2 aromatic heterocycles. The third-order valence-electron chi connectivity index (χ3n) is 5.69. The number of piperidine rings is 1. The van der Waals surface area contributed by atoms with Gasteiger partial charge in [-0.25, -0.2) is 9.50 Å². The first-order valence-electron chi connectivity index (χ1n) is 9.84. The smallest absolute Gasteiger partial charge is 0.214 e. The van der Waals surface area contributed by atoms with Crippen LogP contribution in [0.3, 0.4) is 0 Å². The lowest BCUT2D eigenvalue weighted by Gasteiger charge is -2.28. The van der Waals surface area contributed by atoms with Gasteiger partial charge in [-0.15, -0.1) is 5.10 Å². The van der Waals surface area contributed by atoms with E-state index in [1.165, 1.54) is 45.3 Å². The molecule has 0 aliphatic carbocycles. The minimum Gasteiger partial charge on any atom is -0.346 e. The van der Waals surface area contributed by atoms with Crippen LogP contribution in [0.1, 0.15) is 25.7 Å². The van der Waals surface area contributed by atoms with Gasteiger partial charge in [-0.05, 0) is 50.4 Å². The van der Waals surface area contributed by atoms with Gasteiger partial charge in [0.05, 0.1) is 11.9 Å². The van der Waals surface area contributed by atoms with Crippen LogP contribution in [0.4, 0.5) is 5.13 Å². The Bertz CT molecular complexity index is 881. The van der Waals surface area contributed by atoms with E-state index >= 15 is 0 Å². The number of aromatic nitrogens is 3. The van der Waals surface area contributed by atoms with E-state index in [0.717, 1.165) is 45.4 Å². The van der Waals surface area contributed by atoms with E-state index in [-0.39, 0.29) is 0 Å². The predicted octanol–water partition coefficient (Wildman–Crippen LogP) is 4.42. The third-order valence-corrected chi connectivity index (χ3v) is 6.93. The molecule has 0 saturated carbocycles. The van der Waals surface area contributed by atoms with Gasteiger partial charge in [0.25, 0.3) is 0 Å². The highest BCUT2D eigenvalue weighted by molar-refractivity contribution is 7.20. The van der Waals surface area contributed by atoms with E-state index in [0.29, 0.717) is 0 Å². The van der Waals surface area contributed by atoms with Crippen LogP contribution in [-0.2, 0) is 0 Å². The lowest BCUT2D eigenvalue weighted by atomic mass is 10.1. The highest BCUT2D eigenvalue weighted by Crippen LogP contribution is 2.31. The molecule has 2 aliphatic rings. The summed E-state index contributed by atoms with van der Waals surface area (Å²) in [7, 11) is 0. The standard InChI is InChI=1S/C20H24ClN5S/c21-17-6-4-16(5-7-17)18-14-26-19(22-18)27-20(23-26)25-11-8-15(13-25)12-24-9-2-1-3-10-24/h4-7,14-15H,1-3,8-13H2. The second kappa shape index (κ2) is 7.41. The van der Waals surface area contributed by atoms with Gasteiger partial charge in [-0.3, -0.25) is 0 Å². The quantitative estimate of drug-likeness (QED) is 0.648. The molecule has 27 heavy (non-hydrogen) atoms. The van der Waals surface area contributed by atoms with Gasteiger partial charge in [-0.1, -0.05) is 41.5 Å². The molecule has 1 aromatic carbocycles. The number of fused-ring (bicyclic) bond motifs is 1. The van der Waals surface area contributed by atoms with E-state index in [2.05, 4.69) is 9.80 Å². The summed E-state index contributed by atoms with van der Waals surface area (Å²) in [6.45, 7) is 6.06. The average molecular weight is 402 g/mol. The average Bonchev–Trinajstić information content (AvgIpc) is 3.37. The fourth-order valence-electron chi connectivity index (χ4n) is 4.24. The molecule has 2 saturated heterocycles. The van der Waals surface area contributed by atoms with Gasteiger partial charge >= 0.3 is 0 Å². The summed E-state index contributed by atoms with van der Waals surface area (Å²) in [5.74, 6) is 0.768. The summed E-state index contributed by atoms with van der Waals surface area (Å²) >= 11 is 7.67. The van der Waals surface area contributed by atoms with Crippen LogP contribution in [0.2, 0.25) is 5.02 Å². The van der Waals surface area contributed by atoms with Crippen LogP contribution in [-0.4, -0.2) is 52.2 Å². The lowest BCUT2D eigenvalue weighted by Crippen LogP contribution is -2.35. The molecule has 3 aromatic rings. The molecule has 5 nitrogen and oxygen atoms in total. The molecular formula is C20H24ClN5S. The predicted molar refractivity (Wildman–Crippen MR) is 112 cm³/mol. The molecule has 0 N–H and O–H groups in total. The fourth-order valence-corrected chi connectivity index (χ4v) is 5.28. The molecular weight excluding hydrogens is 378 g/mol. The van der Waals surface area contributed by atoms with Crippen molar-refractivity contribution in [2.75, 3.05) is 37.6 Å². The van der Waals surface area contributed by atoms with Gasteiger partial charge in [0.15, 0.2) is 0 Å². The number of anilines is 1. The summed E-state index contributed by atoms with van der Waals surface area (Å²) < 4.78 is 1.92. The maximum atomic E-state index is 5.98. The Labute approximate surface area is 168 Å². The van der Waals surface area contributed by atoms with Crippen LogP contribution in [0.15, 0.2) is 30.5 Å². The molecule has 7 heteroatoms. The molecule has 0 bridgehead atoms. The number of nitrogens with zero attached hydrogens (tertiary/aromatic N) is 5. The topological polar surface area (TPSA) is 36.7 Å². The van der Waals surface area contributed by atoms with Crippen molar-refractivity contribution in [2.45, 2.75) is 25.7 Å². The molecule has 0 amide bonds. The van der Waals surface area contributed by atoms with Crippen molar-refractivity contribution < 1.29 is 0 Å². The zero-order chi connectivity index (χ0) is 18.2. The Morgan fingerprint density at radius 1 is 1.07 bits per heavy atom. The van der Waals surface area contributed by atoms with Crippen molar-refractivity contribution in [3.63, 3.8) is 0 Å². The van der Waals surface area contributed by atoms with Crippen LogP contribution in [0, 0.1) is 5.92 Å². The van der Waals surface area contributed by atoms with Gasteiger partial charge in [0.1, 0.15) is 0 Å². The first kappa shape index (κ1) is 17.5. The van der Waals surface area contributed by atoms with Gasteiger partial charge in [0, 0.05) is 30.2 Å². The maximum Gasteiger partial charge on any atom is 0.214 e. The zero-order valence-corrected chi connectivity index (χ0v) is 16.9. The first-order valence-corrected chi connectivity index (χ1v) is 11.0. The van der Waals surface area contributed by atoms with Crippen LogP contribution in [0.5, 0.6) is 0 Å². The van der Waals surface area contributed by atoms with Crippen molar-refractivity contribution >= 4 is 33.0 Å². The number of hydrogen-bond donors (Lipinski definition) is 0. The Hall–Kier alpha value is -1.63. The van der Waals surface area contributed by atoms with Crippen molar-refractivity contribution in [3.05, 3.63) is 35.5 Å². The Morgan fingerprint density at radius 3 is 2.67 bits per heavy atom. The number of likely N-dealkylation sites (tertiary alicyclic amines) is 1. The fraction of sp³-hybridized carbons (Fsp3) is 0.500. The minimum absolute atomic E-state index is 0.744. The highest BCUT2D eigenvalue weighted by atomic mass is 35.5.